The lowest BCUT2D eigenvalue weighted by atomic mass is 10.1. The molecule has 0 radical (unpaired) electrons. The summed E-state index contributed by atoms with van der Waals surface area (Å²) in [7, 11) is 0. The van der Waals surface area contributed by atoms with Gasteiger partial charge in [-0.05, 0) is 32.9 Å². The van der Waals surface area contributed by atoms with Crippen molar-refractivity contribution < 1.29 is 9.90 Å². The molecule has 148 valence electrons. The molecule has 2 aromatic rings. The van der Waals surface area contributed by atoms with Gasteiger partial charge < -0.3 is 15.4 Å². The Morgan fingerprint density at radius 2 is 2.11 bits per heavy atom. The van der Waals surface area contributed by atoms with Gasteiger partial charge >= 0.3 is 0 Å². The number of amides is 1. The number of nitrogens with zero attached hydrogens (tertiary/aromatic N) is 4. The van der Waals surface area contributed by atoms with E-state index in [9.17, 15) is 9.90 Å². The van der Waals surface area contributed by atoms with Crippen LogP contribution in [-0.4, -0.2) is 51.4 Å². The fourth-order valence-electron chi connectivity index (χ4n) is 2.56. The third-order valence-corrected chi connectivity index (χ3v) is 4.11. The van der Waals surface area contributed by atoms with Gasteiger partial charge in [-0.15, -0.1) is 0 Å². The van der Waals surface area contributed by atoms with E-state index >= 15 is 0 Å². The van der Waals surface area contributed by atoms with E-state index in [2.05, 4.69) is 20.5 Å². The number of hydrogen-bond donors (Lipinski definition) is 3. The number of carbonyl (C=O) groups excluding carboxylic acids is 1. The van der Waals surface area contributed by atoms with Crippen LogP contribution in [0.3, 0.4) is 0 Å². The molecule has 0 aliphatic carbocycles. The Morgan fingerprint density at radius 1 is 1.36 bits per heavy atom. The second-order valence-electron chi connectivity index (χ2n) is 6.69. The van der Waals surface area contributed by atoms with Crippen molar-refractivity contribution in [1.29, 1.82) is 5.41 Å². The van der Waals surface area contributed by atoms with Crippen LogP contribution in [0.2, 0.25) is 0 Å². The first kappa shape index (κ1) is 21.2. The topological polar surface area (TPSA) is 115 Å². The number of benzene rings is 1. The summed E-state index contributed by atoms with van der Waals surface area (Å²) < 4.78 is 0. The predicted molar refractivity (Wildman–Crippen MR) is 110 cm³/mol. The minimum absolute atomic E-state index is 0.123. The van der Waals surface area contributed by atoms with Gasteiger partial charge in [0.2, 0.25) is 0 Å². The van der Waals surface area contributed by atoms with Crippen LogP contribution in [0.5, 0.6) is 0 Å². The van der Waals surface area contributed by atoms with E-state index in [0.29, 0.717) is 42.1 Å². The first-order valence-corrected chi connectivity index (χ1v) is 9.07. The van der Waals surface area contributed by atoms with Crippen molar-refractivity contribution in [2.45, 2.75) is 32.8 Å². The Balaban J connectivity index is 2.13. The van der Waals surface area contributed by atoms with E-state index in [1.54, 1.807) is 49.3 Å². The van der Waals surface area contributed by atoms with Crippen LogP contribution in [0.1, 0.15) is 42.5 Å². The number of para-hydroxylation sites is 1. The summed E-state index contributed by atoms with van der Waals surface area (Å²) in [6.45, 7) is 6.24. The zero-order valence-corrected chi connectivity index (χ0v) is 16.4. The van der Waals surface area contributed by atoms with Crippen LogP contribution in [0, 0.1) is 5.41 Å². The van der Waals surface area contributed by atoms with Crippen molar-refractivity contribution in [2.75, 3.05) is 18.5 Å². The third kappa shape index (κ3) is 5.68. The highest BCUT2D eigenvalue weighted by molar-refractivity contribution is 6.14. The largest absolute Gasteiger partial charge is 0.384 e. The van der Waals surface area contributed by atoms with Crippen LogP contribution in [0.15, 0.2) is 41.8 Å². The summed E-state index contributed by atoms with van der Waals surface area (Å²) in [5.41, 5.74) is 4.02. The smallest absolute Gasteiger partial charge is 0.256 e. The quantitative estimate of drug-likeness (QED) is 0.455. The van der Waals surface area contributed by atoms with Gasteiger partial charge in [0.25, 0.3) is 5.91 Å². The third-order valence-electron chi connectivity index (χ3n) is 4.11. The molecule has 0 fully saturated rings. The van der Waals surface area contributed by atoms with Crippen LogP contribution < -0.4 is 5.43 Å². The van der Waals surface area contributed by atoms with E-state index in [0.717, 1.165) is 6.21 Å². The molecule has 1 aromatic heterocycles. The van der Waals surface area contributed by atoms with Gasteiger partial charge in [0.1, 0.15) is 5.60 Å². The zero-order valence-electron chi connectivity index (χ0n) is 16.4. The summed E-state index contributed by atoms with van der Waals surface area (Å²) in [6.07, 6.45) is 6.07. The number of rotatable bonds is 9. The molecule has 1 aromatic carbocycles. The maximum Gasteiger partial charge on any atom is 0.256 e. The molecule has 0 saturated carbocycles. The summed E-state index contributed by atoms with van der Waals surface area (Å²) >= 11 is 0. The number of likely N-dealkylation sites (N-methyl/N-ethyl adjacent to an activating group) is 1. The predicted octanol–water partition coefficient (Wildman–Crippen LogP) is 2.46. The molecule has 0 unspecified atom stereocenters. The molecule has 8 nitrogen and oxygen atoms in total. The number of anilines is 1. The Hall–Kier alpha value is -3.13. The number of hydrazone groups is 1. The Kier molecular flexibility index (Phi) is 7.34. The Bertz CT molecular complexity index is 845. The first-order valence-electron chi connectivity index (χ1n) is 9.07. The van der Waals surface area contributed by atoms with Gasteiger partial charge in [0.15, 0.2) is 0 Å². The highest BCUT2D eigenvalue weighted by Crippen LogP contribution is 2.19. The van der Waals surface area contributed by atoms with E-state index in [4.69, 9.17) is 5.41 Å². The first-order chi connectivity index (χ1) is 13.4. The van der Waals surface area contributed by atoms with Crippen molar-refractivity contribution in [3.05, 3.63) is 53.6 Å². The second kappa shape index (κ2) is 9.70. The van der Waals surface area contributed by atoms with Gasteiger partial charge in [-0.3, -0.25) is 20.2 Å². The maximum atomic E-state index is 13.0. The maximum absolute atomic E-state index is 13.0. The molecule has 28 heavy (non-hydrogen) atoms. The van der Waals surface area contributed by atoms with E-state index < -0.39 is 5.60 Å². The fraction of sp³-hybridized carbons (Fsp3) is 0.350. The van der Waals surface area contributed by atoms with Gasteiger partial charge in [0.05, 0.1) is 35.1 Å². The number of nitrogens with one attached hydrogen (secondary N) is 2. The van der Waals surface area contributed by atoms with Crippen molar-refractivity contribution in [1.82, 2.24) is 14.9 Å². The van der Waals surface area contributed by atoms with Crippen molar-refractivity contribution in [3.63, 3.8) is 0 Å². The molecule has 0 aliphatic heterocycles. The van der Waals surface area contributed by atoms with Crippen LogP contribution in [0.25, 0.3) is 0 Å². The lowest BCUT2D eigenvalue weighted by Gasteiger charge is -2.22. The van der Waals surface area contributed by atoms with E-state index in [1.165, 1.54) is 6.21 Å². The molecule has 8 heteroatoms. The summed E-state index contributed by atoms with van der Waals surface area (Å²) in [4.78, 5) is 23.3. The molecule has 2 rings (SSSR count). The van der Waals surface area contributed by atoms with Crippen LogP contribution in [-0.2, 0) is 12.0 Å². The molecule has 0 saturated heterocycles. The lowest BCUT2D eigenvalue weighted by Crippen LogP contribution is -2.33. The SMILES string of the molecule is CCN(CCc1cncc(C(C)(C)O)n1)C(=O)c1ccccc1N/N=C\C=N. The fourth-order valence-corrected chi connectivity index (χ4v) is 2.56. The minimum atomic E-state index is -1.06. The summed E-state index contributed by atoms with van der Waals surface area (Å²) in [6, 6.07) is 7.11. The normalized spacial score (nSPS) is 11.4. The van der Waals surface area contributed by atoms with Gasteiger partial charge in [0, 0.05) is 31.9 Å². The van der Waals surface area contributed by atoms with Gasteiger partial charge in [-0.25, -0.2) is 0 Å². The standard InChI is InChI=1S/C20H26N6O2/c1-4-26(12-9-15-13-22-14-18(24-15)20(2,3)28)19(27)16-7-5-6-8-17(16)25-23-11-10-21/h5-8,10-11,13-14,21,25,28H,4,9,12H2,1-3H3/b21-10?,23-11-. The Morgan fingerprint density at radius 3 is 2.79 bits per heavy atom. The van der Waals surface area contributed by atoms with Crippen LogP contribution in [0.4, 0.5) is 5.69 Å². The van der Waals surface area contributed by atoms with Gasteiger partial charge in [-0.2, -0.15) is 5.10 Å². The molecule has 0 atom stereocenters. The molecule has 0 spiro atoms. The second-order valence-corrected chi connectivity index (χ2v) is 6.69. The number of carbonyl (C=O) groups is 1. The zero-order chi connectivity index (χ0) is 20.6. The minimum Gasteiger partial charge on any atom is -0.384 e. The highest BCUT2D eigenvalue weighted by Gasteiger charge is 2.20. The Labute approximate surface area is 164 Å². The average molecular weight is 382 g/mol. The highest BCUT2D eigenvalue weighted by atomic mass is 16.3. The molecular formula is C20H26N6O2. The molecule has 1 amide bonds. The van der Waals surface area contributed by atoms with E-state index in [1.807, 2.05) is 13.0 Å². The number of aliphatic hydroxyl groups is 1. The van der Waals surface area contributed by atoms with Gasteiger partial charge in [-0.1, -0.05) is 12.1 Å². The molecule has 0 bridgehead atoms. The van der Waals surface area contributed by atoms with E-state index in [-0.39, 0.29) is 5.91 Å². The van der Waals surface area contributed by atoms with Crippen molar-refractivity contribution in [2.24, 2.45) is 5.10 Å². The monoisotopic (exact) mass is 382 g/mol. The molecule has 0 aliphatic rings. The average Bonchev–Trinajstić information content (AvgIpc) is 2.68. The number of aromatic nitrogens is 2. The summed E-state index contributed by atoms with van der Waals surface area (Å²) in [5.74, 6) is -0.123. The summed E-state index contributed by atoms with van der Waals surface area (Å²) in [5, 5.41) is 21.0. The lowest BCUT2D eigenvalue weighted by molar-refractivity contribution is 0.0724. The van der Waals surface area contributed by atoms with Crippen molar-refractivity contribution >= 4 is 24.0 Å². The van der Waals surface area contributed by atoms with Crippen LogP contribution >= 0.6 is 0 Å². The molecule has 1 heterocycles. The van der Waals surface area contributed by atoms with Crippen molar-refractivity contribution in [3.8, 4) is 0 Å². The molecule has 3 N–H and O–H groups in total. The molecular weight excluding hydrogens is 356 g/mol. The number of hydrogen-bond acceptors (Lipinski definition) is 7.